The number of hydrazine groups is 1. The number of hydrogen-bond acceptors (Lipinski definition) is 4. The summed E-state index contributed by atoms with van der Waals surface area (Å²) in [6, 6.07) is 9.15. The second-order valence-electron chi connectivity index (χ2n) is 10.9. The average molecular weight is 414 g/mol. The van der Waals surface area contributed by atoms with Gasteiger partial charge in [-0.3, -0.25) is 10.8 Å². The molecular formula is C27H31N3O. The molecule has 4 nitrogen and oxygen atoms in total. The minimum absolute atomic E-state index is 0.0574. The van der Waals surface area contributed by atoms with E-state index in [9.17, 15) is 0 Å². The molecule has 160 valence electrons. The van der Waals surface area contributed by atoms with Crippen molar-refractivity contribution in [1.29, 1.82) is 0 Å². The molecule has 3 aliphatic heterocycles. The standard InChI is InChI=1S/C27H31N3O/c1-25-8-6-21-15-22-17-30(28)13-11-26(22)9-10-27(21,31-26)24(25)5-4-23(25)19-3-2-18-7-12-29-16-20(18)14-19/h2-3,6-7,12,14-16,23-24H,4-5,8-11,13,17,28H2,1H3/t23-,24-,25-,26-,27-/m1/s1. The maximum absolute atomic E-state index is 7.23. The van der Waals surface area contributed by atoms with Gasteiger partial charge >= 0.3 is 0 Å². The molecule has 2 N–H and O–H groups in total. The van der Waals surface area contributed by atoms with E-state index in [1.54, 1.807) is 0 Å². The van der Waals surface area contributed by atoms with Crippen molar-refractivity contribution in [3.05, 3.63) is 65.5 Å². The molecule has 2 saturated heterocycles. The molecule has 3 fully saturated rings. The van der Waals surface area contributed by atoms with Crippen LogP contribution in [0.3, 0.4) is 0 Å². The summed E-state index contributed by atoms with van der Waals surface area (Å²) in [7, 11) is 0. The first-order valence-corrected chi connectivity index (χ1v) is 12.0. The number of ether oxygens (including phenoxy) is 1. The molecular weight excluding hydrogens is 382 g/mol. The Labute approximate surface area is 184 Å². The number of fused-ring (bicyclic) bond motifs is 2. The van der Waals surface area contributed by atoms with Gasteiger partial charge in [-0.25, -0.2) is 5.01 Å². The smallest absolute Gasteiger partial charge is 0.0975 e. The van der Waals surface area contributed by atoms with E-state index in [1.165, 1.54) is 40.3 Å². The lowest BCUT2D eigenvalue weighted by atomic mass is 9.58. The fourth-order valence-corrected chi connectivity index (χ4v) is 8.02. The summed E-state index contributed by atoms with van der Waals surface area (Å²) in [5, 5.41) is 4.49. The predicted octanol–water partition coefficient (Wildman–Crippen LogP) is 4.87. The lowest BCUT2D eigenvalue weighted by Crippen LogP contribution is -2.56. The van der Waals surface area contributed by atoms with Crippen LogP contribution in [0.5, 0.6) is 0 Å². The minimum Gasteiger partial charge on any atom is -0.359 e. The molecule has 31 heavy (non-hydrogen) atoms. The molecule has 7 rings (SSSR count). The Morgan fingerprint density at radius 1 is 1.13 bits per heavy atom. The second kappa shape index (κ2) is 6.06. The van der Waals surface area contributed by atoms with E-state index in [-0.39, 0.29) is 16.6 Å². The topological polar surface area (TPSA) is 51.4 Å². The number of allylic oxidation sites excluding steroid dienone is 1. The van der Waals surface area contributed by atoms with Crippen LogP contribution in [-0.2, 0) is 4.74 Å². The number of benzene rings is 1. The van der Waals surface area contributed by atoms with Gasteiger partial charge in [-0.2, -0.15) is 0 Å². The molecule has 5 atom stereocenters. The molecule has 5 aliphatic rings. The van der Waals surface area contributed by atoms with Gasteiger partial charge in [0, 0.05) is 30.9 Å². The monoisotopic (exact) mass is 413 g/mol. The van der Waals surface area contributed by atoms with E-state index >= 15 is 0 Å². The van der Waals surface area contributed by atoms with Crippen LogP contribution >= 0.6 is 0 Å². The number of aromatic nitrogens is 1. The fraction of sp³-hybridized carbons (Fsp3) is 0.519. The second-order valence-corrected chi connectivity index (χ2v) is 10.9. The van der Waals surface area contributed by atoms with E-state index in [0.29, 0.717) is 11.8 Å². The van der Waals surface area contributed by atoms with E-state index in [2.05, 4.69) is 48.3 Å². The molecule has 2 spiro atoms. The summed E-state index contributed by atoms with van der Waals surface area (Å²) in [5.41, 5.74) is 4.45. The SMILES string of the molecule is C[C@]12CC=C3C=C4CN(N)CC[C@]45CC[C@]3(O5)[C@@H]1CC[C@@H]2c1ccc2ccncc2c1. The lowest BCUT2D eigenvalue weighted by molar-refractivity contribution is -0.137. The highest BCUT2D eigenvalue weighted by Crippen LogP contribution is 2.68. The number of piperidine rings is 1. The highest BCUT2D eigenvalue weighted by Gasteiger charge is 2.66. The van der Waals surface area contributed by atoms with Crippen molar-refractivity contribution in [3.8, 4) is 0 Å². The van der Waals surface area contributed by atoms with Gasteiger partial charge in [0.15, 0.2) is 0 Å². The molecule has 1 aromatic heterocycles. The van der Waals surface area contributed by atoms with Gasteiger partial charge in [0.05, 0.1) is 11.2 Å². The first-order valence-electron chi connectivity index (χ1n) is 12.0. The number of pyridine rings is 1. The summed E-state index contributed by atoms with van der Waals surface area (Å²) in [5.74, 6) is 7.34. The van der Waals surface area contributed by atoms with Crippen LogP contribution in [0.15, 0.2) is 60.0 Å². The van der Waals surface area contributed by atoms with Crippen LogP contribution in [0.25, 0.3) is 10.8 Å². The zero-order chi connectivity index (χ0) is 20.8. The van der Waals surface area contributed by atoms with Gasteiger partial charge in [-0.15, -0.1) is 0 Å². The highest BCUT2D eigenvalue weighted by molar-refractivity contribution is 5.82. The summed E-state index contributed by atoms with van der Waals surface area (Å²) >= 11 is 0. The third-order valence-electron chi connectivity index (χ3n) is 9.59. The molecule has 4 heteroatoms. The molecule has 4 heterocycles. The van der Waals surface area contributed by atoms with Gasteiger partial charge in [-0.1, -0.05) is 31.2 Å². The van der Waals surface area contributed by atoms with Crippen molar-refractivity contribution in [2.75, 3.05) is 13.1 Å². The van der Waals surface area contributed by atoms with E-state index in [4.69, 9.17) is 10.6 Å². The quantitative estimate of drug-likeness (QED) is 0.678. The van der Waals surface area contributed by atoms with Crippen molar-refractivity contribution >= 4 is 10.8 Å². The summed E-state index contributed by atoms with van der Waals surface area (Å²) < 4.78 is 7.23. The predicted molar refractivity (Wildman–Crippen MR) is 122 cm³/mol. The molecule has 1 aromatic carbocycles. The Morgan fingerprint density at radius 3 is 3.00 bits per heavy atom. The largest absolute Gasteiger partial charge is 0.359 e. The maximum Gasteiger partial charge on any atom is 0.0975 e. The Morgan fingerprint density at radius 2 is 2.06 bits per heavy atom. The Balaban J connectivity index is 1.31. The van der Waals surface area contributed by atoms with Crippen molar-refractivity contribution in [3.63, 3.8) is 0 Å². The number of nitrogens with zero attached hydrogens (tertiary/aromatic N) is 2. The van der Waals surface area contributed by atoms with Crippen molar-refractivity contribution < 1.29 is 4.74 Å². The van der Waals surface area contributed by atoms with Gasteiger partial charge in [0.1, 0.15) is 0 Å². The molecule has 2 aromatic rings. The maximum atomic E-state index is 7.23. The van der Waals surface area contributed by atoms with Crippen LogP contribution in [0, 0.1) is 11.3 Å². The van der Waals surface area contributed by atoms with Crippen molar-refractivity contribution in [2.45, 2.75) is 62.6 Å². The molecule has 0 radical (unpaired) electrons. The van der Waals surface area contributed by atoms with E-state index in [1.807, 2.05) is 17.4 Å². The van der Waals surface area contributed by atoms with E-state index < -0.39 is 0 Å². The molecule has 0 unspecified atom stereocenters. The fourth-order valence-electron chi connectivity index (χ4n) is 8.02. The van der Waals surface area contributed by atoms with E-state index in [0.717, 1.165) is 38.8 Å². The molecule has 2 bridgehead atoms. The normalized spacial score (nSPS) is 41.4. The zero-order valence-corrected chi connectivity index (χ0v) is 18.3. The summed E-state index contributed by atoms with van der Waals surface area (Å²) in [4.78, 5) is 4.36. The Kier molecular flexibility index (Phi) is 3.63. The highest BCUT2D eigenvalue weighted by atomic mass is 16.5. The zero-order valence-electron chi connectivity index (χ0n) is 18.3. The first kappa shape index (κ1) is 18.6. The van der Waals surface area contributed by atoms with Crippen molar-refractivity contribution in [2.24, 2.45) is 17.2 Å². The number of hydrogen-bond donors (Lipinski definition) is 1. The van der Waals surface area contributed by atoms with Crippen LogP contribution in [0.2, 0.25) is 0 Å². The first-order chi connectivity index (χ1) is 15.0. The average Bonchev–Trinajstić information content (AvgIpc) is 3.30. The molecule has 1 saturated carbocycles. The Bertz CT molecular complexity index is 1150. The third kappa shape index (κ3) is 2.33. The van der Waals surface area contributed by atoms with Crippen LogP contribution in [-0.4, -0.2) is 34.3 Å². The van der Waals surface area contributed by atoms with Crippen LogP contribution < -0.4 is 5.84 Å². The minimum atomic E-state index is -0.0829. The summed E-state index contributed by atoms with van der Waals surface area (Å²) in [6.07, 6.45) is 15.9. The van der Waals surface area contributed by atoms with Gasteiger partial charge < -0.3 is 4.74 Å². The molecule has 0 amide bonds. The van der Waals surface area contributed by atoms with Gasteiger partial charge in [0.2, 0.25) is 0 Å². The van der Waals surface area contributed by atoms with Crippen LogP contribution in [0.1, 0.15) is 56.9 Å². The third-order valence-corrected chi connectivity index (χ3v) is 9.59. The summed E-state index contributed by atoms with van der Waals surface area (Å²) in [6.45, 7) is 4.33. The Hall–Kier alpha value is -2.01. The molecule has 2 aliphatic carbocycles. The number of rotatable bonds is 1. The van der Waals surface area contributed by atoms with Crippen molar-refractivity contribution in [1.82, 2.24) is 9.99 Å². The van der Waals surface area contributed by atoms with Gasteiger partial charge in [-0.05, 0) is 90.0 Å². The lowest BCUT2D eigenvalue weighted by Gasteiger charge is -2.54. The number of nitrogens with two attached hydrogens (primary N) is 1. The van der Waals surface area contributed by atoms with Crippen LogP contribution in [0.4, 0.5) is 0 Å². The van der Waals surface area contributed by atoms with Gasteiger partial charge in [0.25, 0.3) is 0 Å².